The van der Waals surface area contributed by atoms with Gasteiger partial charge in [0.1, 0.15) is 11.4 Å². The van der Waals surface area contributed by atoms with Gasteiger partial charge in [0, 0.05) is 6.54 Å². The maximum atomic E-state index is 12.8. The zero-order valence-electron chi connectivity index (χ0n) is 11.1. The van der Waals surface area contributed by atoms with Crippen LogP contribution in [0.25, 0.3) is 0 Å². The fraction of sp³-hybridized carbons (Fsp3) is 0.429. The molecule has 2 rings (SSSR count). The minimum absolute atomic E-state index is 0.0474. The largest absolute Gasteiger partial charge is 0.340 e. The number of piperazine rings is 1. The lowest BCUT2D eigenvalue weighted by molar-refractivity contribution is -0.149. The van der Waals surface area contributed by atoms with Gasteiger partial charge in [-0.3, -0.25) is 9.59 Å². The van der Waals surface area contributed by atoms with E-state index in [0.29, 0.717) is 13.0 Å². The summed E-state index contributed by atoms with van der Waals surface area (Å²) in [7, 11) is 0. The number of carbonyl (C=O) groups is 2. The molecule has 0 aromatic heterocycles. The van der Waals surface area contributed by atoms with Crippen LogP contribution in [0.1, 0.15) is 25.8 Å². The number of amides is 2. The van der Waals surface area contributed by atoms with E-state index < -0.39 is 5.54 Å². The van der Waals surface area contributed by atoms with E-state index in [2.05, 4.69) is 5.32 Å². The van der Waals surface area contributed by atoms with Gasteiger partial charge in [-0.05, 0) is 31.0 Å². The molecule has 5 heteroatoms. The summed E-state index contributed by atoms with van der Waals surface area (Å²) in [5.41, 5.74) is -0.0297. The van der Waals surface area contributed by atoms with Crippen LogP contribution in [-0.4, -0.2) is 28.8 Å². The molecule has 1 atom stereocenters. The Hall–Kier alpha value is -1.91. The number of hydrogen-bond donors (Lipinski definition) is 1. The lowest BCUT2D eigenvalue weighted by Gasteiger charge is -2.39. The maximum Gasteiger partial charge on any atom is 0.248 e. The first-order valence-electron chi connectivity index (χ1n) is 6.29. The molecule has 1 unspecified atom stereocenters. The molecule has 1 heterocycles. The van der Waals surface area contributed by atoms with Crippen LogP contribution in [0.5, 0.6) is 0 Å². The molecule has 0 saturated carbocycles. The van der Waals surface area contributed by atoms with Crippen molar-refractivity contribution in [2.45, 2.75) is 32.4 Å². The van der Waals surface area contributed by atoms with E-state index in [1.54, 1.807) is 19.1 Å². The predicted octanol–water partition coefficient (Wildman–Crippen LogP) is 1.45. The molecule has 1 aromatic carbocycles. The van der Waals surface area contributed by atoms with E-state index in [-0.39, 0.29) is 24.2 Å². The second-order valence-electron chi connectivity index (χ2n) is 5.02. The fourth-order valence-electron chi connectivity index (χ4n) is 2.17. The third-order valence-electron chi connectivity index (χ3n) is 3.50. The molecule has 1 aromatic rings. The van der Waals surface area contributed by atoms with E-state index in [1.807, 2.05) is 6.92 Å². The molecule has 2 amide bonds. The highest BCUT2D eigenvalue weighted by Crippen LogP contribution is 2.19. The zero-order chi connectivity index (χ0) is 14.0. The number of carbonyl (C=O) groups excluding carboxylic acids is 2. The van der Waals surface area contributed by atoms with Gasteiger partial charge >= 0.3 is 0 Å². The third kappa shape index (κ3) is 2.75. The Morgan fingerprint density at radius 1 is 1.32 bits per heavy atom. The van der Waals surface area contributed by atoms with Crippen LogP contribution in [0.4, 0.5) is 4.39 Å². The van der Waals surface area contributed by atoms with E-state index >= 15 is 0 Å². The van der Waals surface area contributed by atoms with Crippen LogP contribution in [-0.2, 0) is 16.1 Å². The van der Waals surface area contributed by atoms with Gasteiger partial charge in [-0.25, -0.2) is 4.39 Å². The normalized spacial score (nSPS) is 23.4. The molecule has 1 N–H and O–H groups in total. The summed E-state index contributed by atoms with van der Waals surface area (Å²) in [5.74, 6) is -0.574. The van der Waals surface area contributed by atoms with E-state index in [4.69, 9.17) is 0 Å². The Morgan fingerprint density at radius 3 is 2.53 bits per heavy atom. The van der Waals surface area contributed by atoms with Crippen LogP contribution in [0.15, 0.2) is 24.3 Å². The van der Waals surface area contributed by atoms with Gasteiger partial charge in [0.2, 0.25) is 11.8 Å². The van der Waals surface area contributed by atoms with Crippen LogP contribution in [0.2, 0.25) is 0 Å². The molecule has 0 spiro atoms. The molecule has 1 fully saturated rings. The van der Waals surface area contributed by atoms with Gasteiger partial charge in [0.15, 0.2) is 0 Å². The highest BCUT2D eigenvalue weighted by Gasteiger charge is 2.41. The minimum Gasteiger partial charge on any atom is -0.340 e. The molecular formula is C14H17FN2O2. The molecule has 102 valence electrons. The Bertz CT molecular complexity index is 501. The average Bonchev–Trinajstić information content (AvgIpc) is 2.38. The summed E-state index contributed by atoms with van der Waals surface area (Å²) in [6.45, 7) is 3.96. The molecule has 0 aliphatic carbocycles. The monoisotopic (exact) mass is 264 g/mol. The standard InChI is InChI=1S/C14H17FN2O2/c1-3-14(2)13(19)17(9-12(18)16-14)8-10-4-6-11(15)7-5-10/h4-7H,3,8-9H2,1-2H3,(H,16,18). The van der Waals surface area contributed by atoms with E-state index in [1.165, 1.54) is 17.0 Å². The summed E-state index contributed by atoms with van der Waals surface area (Å²) >= 11 is 0. The summed E-state index contributed by atoms with van der Waals surface area (Å²) in [5, 5.41) is 2.73. The molecular weight excluding hydrogens is 247 g/mol. The van der Waals surface area contributed by atoms with Gasteiger partial charge in [0.05, 0.1) is 6.54 Å². The average molecular weight is 264 g/mol. The van der Waals surface area contributed by atoms with Gasteiger partial charge in [0.25, 0.3) is 0 Å². The van der Waals surface area contributed by atoms with Crippen molar-refractivity contribution in [3.8, 4) is 0 Å². The molecule has 1 aliphatic rings. The molecule has 0 radical (unpaired) electrons. The Labute approximate surface area is 111 Å². The van der Waals surface area contributed by atoms with Crippen molar-refractivity contribution in [1.82, 2.24) is 10.2 Å². The Balaban J connectivity index is 2.17. The molecule has 0 bridgehead atoms. The van der Waals surface area contributed by atoms with Crippen molar-refractivity contribution in [3.63, 3.8) is 0 Å². The molecule has 19 heavy (non-hydrogen) atoms. The quantitative estimate of drug-likeness (QED) is 0.898. The summed E-state index contributed by atoms with van der Waals surface area (Å²) in [4.78, 5) is 25.5. The Morgan fingerprint density at radius 2 is 1.95 bits per heavy atom. The van der Waals surface area contributed by atoms with Crippen LogP contribution >= 0.6 is 0 Å². The zero-order valence-corrected chi connectivity index (χ0v) is 11.1. The second-order valence-corrected chi connectivity index (χ2v) is 5.02. The summed E-state index contributed by atoms with van der Waals surface area (Å²) in [6, 6.07) is 5.95. The van der Waals surface area contributed by atoms with Gasteiger partial charge in [-0.15, -0.1) is 0 Å². The Kier molecular flexibility index (Phi) is 3.55. The van der Waals surface area contributed by atoms with Crippen molar-refractivity contribution in [3.05, 3.63) is 35.6 Å². The number of benzene rings is 1. The van der Waals surface area contributed by atoms with Crippen molar-refractivity contribution < 1.29 is 14.0 Å². The number of rotatable bonds is 3. The highest BCUT2D eigenvalue weighted by molar-refractivity contribution is 5.97. The van der Waals surface area contributed by atoms with Crippen LogP contribution in [0.3, 0.4) is 0 Å². The SMILES string of the molecule is CCC1(C)NC(=O)CN(Cc2ccc(F)cc2)C1=O. The third-order valence-corrected chi connectivity index (χ3v) is 3.50. The maximum absolute atomic E-state index is 12.8. The summed E-state index contributed by atoms with van der Waals surface area (Å²) < 4.78 is 12.8. The molecule has 4 nitrogen and oxygen atoms in total. The predicted molar refractivity (Wildman–Crippen MR) is 68.7 cm³/mol. The first-order valence-corrected chi connectivity index (χ1v) is 6.29. The van der Waals surface area contributed by atoms with Crippen LogP contribution < -0.4 is 5.32 Å². The van der Waals surface area contributed by atoms with E-state index in [0.717, 1.165) is 5.56 Å². The van der Waals surface area contributed by atoms with Gasteiger partial charge < -0.3 is 10.2 Å². The van der Waals surface area contributed by atoms with E-state index in [9.17, 15) is 14.0 Å². The number of nitrogens with one attached hydrogen (secondary N) is 1. The molecule has 1 aliphatic heterocycles. The lowest BCUT2D eigenvalue weighted by Crippen LogP contribution is -2.64. The smallest absolute Gasteiger partial charge is 0.248 e. The van der Waals surface area contributed by atoms with Crippen molar-refractivity contribution >= 4 is 11.8 Å². The number of nitrogens with zero attached hydrogens (tertiary/aromatic N) is 1. The van der Waals surface area contributed by atoms with Crippen LogP contribution in [0, 0.1) is 5.82 Å². The fourth-order valence-corrected chi connectivity index (χ4v) is 2.17. The van der Waals surface area contributed by atoms with Crippen molar-refractivity contribution in [2.75, 3.05) is 6.54 Å². The summed E-state index contributed by atoms with van der Waals surface area (Å²) in [6.07, 6.45) is 0.539. The number of halogens is 1. The first kappa shape index (κ1) is 13.5. The van der Waals surface area contributed by atoms with Crippen molar-refractivity contribution in [1.29, 1.82) is 0 Å². The van der Waals surface area contributed by atoms with Gasteiger partial charge in [-0.2, -0.15) is 0 Å². The molecule has 1 saturated heterocycles. The lowest BCUT2D eigenvalue weighted by atomic mass is 9.94. The number of hydrogen-bond acceptors (Lipinski definition) is 2. The second kappa shape index (κ2) is 4.99. The van der Waals surface area contributed by atoms with Gasteiger partial charge in [-0.1, -0.05) is 19.1 Å². The topological polar surface area (TPSA) is 49.4 Å². The van der Waals surface area contributed by atoms with Crippen molar-refractivity contribution in [2.24, 2.45) is 0 Å². The first-order chi connectivity index (χ1) is 8.94. The highest BCUT2D eigenvalue weighted by atomic mass is 19.1. The minimum atomic E-state index is -0.838.